The summed E-state index contributed by atoms with van der Waals surface area (Å²) in [6.07, 6.45) is 1.47. The number of hydrogen-bond acceptors (Lipinski definition) is 5. The number of hydrogen-bond donors (Lipinski definition) is 2. The molecule has 7 heteroatoms. The number of phenols is 1. The maximum Gasteiger partial charge on any atom is 0.358 e. The zero-order valence-electron chi connectivity index (χ0n) is 11.5. The highest BCUT2D eigenvalue weighted by Gasteiger charge is 2.33. The fourth-order valence-corrected chi connectivity index (χ4v) is 2.49. The van der Waals surface area contributed by atoms with Crippen molar-refractivity contribution in [2.45, 2.75) is 19.0 Å². The Morgan fingerprint density at radius 3 is 2.57 bits per heavy atom. The average Bonchev–Trinajstić information content (AvgIpc) is 2.87. The molecule has 1 aliphatic rings. The van der Waals surface area contributed by atoms with Crippen LogP contribution in [0.1, 0.15) is 35.1 Å². The molecule has 1 aliphatic heterocycles. The minimum absolute atomic E-state index is 0.0277. The molecule has 1 saturated heterocycles. The second-order valence-corrected chi connectivity index (χ2v) is 5.26. The first kappa shape index (κ1) is 13.6. The molecule has 1 atom stereocenters. The van der Waals surface area contributed by atoms with Crippen LogP contribution in [0.3, 0.4) is 0 Å². The van der Waals surface area contributed by atoms with Gasteiger partial charge in [-0.05, 0) is 24.6 Å². The maximum atomic E-state index is 10.8. The van der Waals surface area contributed by atoms with Crippen molar-refractivity contribution in [3.05, 3.63) is 41.7 Å². The SMILES string of the molecule is CC(c1ccc(O)cc1)N1CC(n2cc(C(=O)O)nn2)C1. The largest absolute Gasteiger partial charge is 0.508 e. The molecule has 0 aliphatic carbocycles. The normalized spacial score (nSPS) is 17.4. The number of aromatic carboxylic acids is 1. The Kier molecular flexibility index (Phi) is 3.34. The second-order valence-electron chi connectivity index (χ2n) is 5.26. The standard InChI is InChI=1S/C14H16N4O3/c1-9(10-2-4-12(19)5-3-10)17-6-11(7-17)18-8-13(14(20)21)15-16-18/h2-5,8-9,11,19H,6-7H2,1H3,(H,20,21). The third-order valence-electron chi connectivity index (χ3n) is 3.92. The van der Waals surface area contributed by atoms with Crippen molar-refractivity contribution in [2.24, 2.45) is 0 Å². The van der Waals surface area contributed by atoms with Gasteiger partial charge < -0.3 is 10.2 Å². The summed E-state index contributed by atoms with van der Waals surface area (Å²) in [5.41, 5.74) is 1.11. The molecule has 2 aromatic rings. The van der Waals surface area contributed by atoms with Crippen molar-refractivity contribution >= 4 is 5.97 Å². The first-order valence-corrected chi connectivity index (χ1v) is 6.72. The molecule has 0 amide bonds. The van der Waals surface area contributed by atoms with E-state index in [1.807, 2.05) is 12.1 Å². The van der Waals surface area contributed by atoms with Gasteiger partial charge in [0.1, 0.15) is 5.75 Å². The van der Waals surface area contributed by atoms with E-state index in [1.165, 1.54) is 6.20 Å². The highest BCUT2D eigenvalue weighted by atomic mass is 16.4. The van der Waals surface area contributed by atoms with Gasteiger partial charge in [0, 0.05) is 19.1 Å². The van der Waals surface area contributed by atoms with E-state index in [2.05, 4.69) is 22.1 Å². The molecule has 2 N–H and O–H groups in total. The number of carbonyl (C=O) groups is 1. The number of aromatic nitrogens is 3. The van der Waals surface area contributed by atoms with Crippen LogP contribution < -0.4 is 0 Å². The number of nitrogens with zero attached hydrogens (tertiary/aromatic N) is 4. The van der Waals surface area contributed by atoms with E-state index in [9.17, 15) is 9.90 Å². The van der Waals surface area contributed by atoms with Gasteiger partial charge in [0.05, 0.1) is 12.2 Å². The predicted octanol–water partition coefficient (Wildman–Crippen LogP) is 1.30. The molecule has 2 heterocycles. The third kappa shape index (κ3) is 2.59. The van der Waals surface area contributed by atoms with Crippen LogP contribution in [-0.4, -0.2) is 49.2 Å². The summed E-state index contributed by atoms with van der Waals surface area (Å²) in [6, 6.07) is 7.57. The number of carboxylic acid groups (broad SMARTS) is 1. The van der Waals surface area contributed by atoms with Gasteiger partial charge in [-0.25, -0.2) is 9.48 Å². The van der Waals surface area contributed by atoms with Crippen LogP contribution >= 0.6 is 0 Å². The van der Waals surface area contributed by atoms with E-state index >= 15 is 0 Å². The van der Waals surface area contributed by atoms with Gasteiger partial charge >= 0.3 is 5.97 Å². The van der Waals surface area contributed by atoms with Crippen molar-refractivity contribution in [1.29, 1.82) is 0 Å². The summed E-state index contributed by atoms with van der Waals surface area (Å²) in [7, 11) is 0. The minimum Gasteiger partial charge on any atom is -0.508 e. The lowest BCUT2D eigenvalue weighted by Gasteiger charge is -2.43. The van der Waals surface area contributed by atoms with Crippen molar-refractivity contribution in [3.8, 4) is 5.75 Å². The van der Waals surface area contributed by atoms with E-state index in [1.54, 1.807) is 16.8 Å². The van der Waals surface area contributed by atoms with E-state index < -0.39 is 5.97 Å². The molecule has 1 aromatic carbocycles. The Balaban J connectivity index is 1.62. The van der Waals surface area contributed by atoms with Gasteiger partial charge in [0.15, 0.2) is 5.69 Å². The van der Waals surface area contributed by atoms with Crippen molar-refractivity contribution < 1.29 is 15.0 Å². The van der Waals surface area contributed by atoms with E-state index in [0.29, 0.717) is 0 Å². The van der Waals surface area contributed by atoms with Crippen molar-refractivity contribution in [3.63, 3.8) is 0 Å². The van der Waals surface area contributed by atoms with E-state index in [0.717, 1.165) is 18.7 Å². The molecular formula is C14H16N4O3. The lowest BCUT2D eigenvalue weighted by molar-refractivity contribution is 0.0585. The summed E-state index contributed by atoms with van der Waals surface area (Å²) in [5, 5.41) is 25.6. The molecule has 1 aromatic heterocycles. The van der Waals surface area contributed by atoms with Gasteiger partial charge in [-0.1, -0.05) is 17.3 Å². The minimum atomic E-state index is -1.06. The smallest absolute Gasteiger partial charge is 0.358 e. The lowest BCUT2D eigenvalue weighted by atomic mass is 10.0. The Labute approximate surface area is 121 Å². The van der Waals surface area contributed by atoms with Gasteiger partial charge in [-0.2, -0.15) is 0 Å². The van der Waals surface area contributed by atoms with Gasteiger partial charge in [0.2, 0.25) is 0 Å². The first-order valence-electron chi connectivity index (χ1n) is 6.72. The zero-order valence-corrected chi connectivity index (χ0v) is 11.5. The number of carboxylic acids is 1. The van der Waals surface area contributed by atoms with E-state index in [4.69, 9.17) is 5.11 Å². The summed E-state index contributed by atoms with van der Waals surface area (Å²) in [4.78, 5) is 13.0. The Hall–Kier alpha value is -2.41. The average molecular weight is 288 g/mol. The van der Waals surface area contributed by atoms with Crippen LogP contribution in [0.25, 0.3) is 0 Å². The third-order valence-corrected chi connectivity index (χ3v) is 3.92. The van der Waals surface area contributed by atoms with E-state index in [-0.39, 0.29) is 23.5 Å². The zero-order chi connectivity index (χ0) is 15.0. The van der Waals surface area contributed by atoms with Crippen LogP contribution in [0.15, 0.2) is 30.5 Å². The molecule has 7 nitrogen and oxygen atoms in total. The molecule has 110 valence electrons. The predicted molar refractivity (Wildman–Crippen MR) is 74.1 cm³/mol. The number of likely N-dealkylation sites (tertiary alicyclic amines) is 1. The summed E-state index contributed by atoms with van der Waals surface area (Å²) in [5.74, 6) is -0.800. The monoisotopic (exact) mass is 288 g/mol. The Bertz CT molecular complexity index is 646. The number of aromatic hydroxyl groups is 1. The number of phenolic OH excluding ortho intramolecular Hbond substituents is 1. The van der Waals surface area contributed by atoms with Gasteiger partial charge in [0.25, 0.3) is 0 Å². The summed E-state index contributed by atoms with van der Waals surface area (Å²) in [6.45, 7) is 3.70. The molecule has 0 spiro atoms. The van der Waals surface area contributed by atoms with Crippen LogP contribution in [0, 0.1) is 0 Å². The topological polar surface area (TPSA) is 91.5 Å². The Morgan fingerprint density at radius 1 is 1.33 bits per heavy atom. The highest BCUT2D eigenvalue weighted by Crippen LogP contribution is 2.31. The molecule has 0 radical (unpaired) electrons. The van der Waals surface area contributed by atoms with Crippen LogP contribution in [0.5, 0.6) is 5.75 Å². The summed E-state index contributed by atoms with van der Waals surface area (Å²) >= 11 is 0. The van der Waals surface area contributed by atoms with Gasteiger partial charge in [-0.15, -0.1) is 5.10 Å². The van der Waals surface area contributed by atoms with Crippen LogP contribution in [0.4, 0.5) is 0 Å². The molecule has 3 rings (SSSR count). The van der Waals surface area contributed by atoms with Crippen LogP contribution in [0.2, 0.25) is 0 Å². The maximum absolute atomic E-state index is 10.8. The molecule has 21 heavy (non-hydrogen) atoms. The fraction of sp³-hybridized carbons (Fsp3) is 0.357. The second kappa shape index (κ2) is 5.17. The van der Waals surface area contributed by atoms with Crippen molar-refractivity contribution in [2.75, 3.05) is 13.1 Å². The van der Waals surface area contributed by atoms with Crippen molar-refractivity contribution in [1.82, 2.24) is 19.9 Å². The number of rotatable bonds is 4. The van der Waals surface area contributed by atoms with Crippen LogP contribution in [-0.2, 0) is 0 Å². The number of benzene rings is 1. The molecule has 1 unspecified atom stereocenters. The Morgan fingerprint density at radius 2 is 2.00 bits per heavy atom. The molecule has 0 saturated carbocycles. The quantitative estimate of drug-likeness (QED) is 0.881. The fourth-order valence-electron chi connectivity index (χ4n) is 2.49. The lowest BCUT2D eigenvalue weighted by Crippen LogP contribution is -2.48. The molecular weight excluding hydrogens is 272 g/mol. The first-order chi connectivity index (χ1) is 10.0. The molecule has 1 fully saturated rings. The molecule has 0 bridgehead atoms. The summed E-state index contributed by atoms with van der Waals surface area (Å²) < 4.78 is 1.61. The van der Waals surface area contributed by atoms with Gasteiger partial charge in [-0.3, -0.25) is 4.90 Å². The highest BCUT2D eigenvalue weighted by molar-refractivity contribution is 5.84.